The average Bonchev–Trinajstić information content (AvgIpc) is 2.41. The van der Waals surface area contributed by atoms with Crippen molar-refractivity contribution < 1.29 is 22.7 Å². The van der Waals surface area contributed by atoms with Crippen molar-refractivity contribution >= 4 is 5.78 Å². The minimum absolute atomic E-state index is 0.0206. The van der Waals surface area contributed by atoms with Crippen LogP contribution >= 0.6 is 0 Å². The summed E-state index contributed by atoms with van der Waals surface area (Å²) in [7, 11) is 0. The van der Waals surface area contributed by atoms with Crippen LogP contribution in [0.1, 0.15) is 16.1 Å². The Balaban J connectivity index is 2.45. The van der Waals surface area contributed by atoms with Gasteiger partial charge in [0.05, 0.1) is 5.56 Å². The van der Waals surface area contributed by atoms with Crippen LogP contribution in [0, 0.1) is 5.82 Å². The monoisotopic (exact) mass is 267 g/mol. The highest BCUT2D eigenvalue weighted by Gasteiger charge is 2.21. The molecule has 1 aromatic carbocycles. The quantitative estimate of drug-likeness (QED) is 0.799. The number of pyridine rings is 1. The number of hydrogen-bond donors (Lipinski definition) is 0. The number of nitrogens with zero attached hydrogens (tertiary/aromatic N) is 1. The molecular weight excluding hydrogens is 259 g/mol. The average molecular weight is 267 g/mol. The van der Waals surface area contributed by atoms with Gasteiger partial charge in [-0.15, -0.1) is 0 Å². The number of carbonyl (C=O) groups excluding carboxylic acids is 1. The van der Waals surface area contributed by atoms with Gasteiger partial charge < -0.3 is 4.74 Å². The van der Waals surface area contributed by atoms with Crippen LogP contribution < -0.4 is 4.74 Å². The van der Waals surface area contributed by atoms with E-state index in [1.54, 1.807) is 12.1 Å². The molecule has 2 rings (SSSR count). The molecule has 0 atom stereocenters. The Bertz CT molecular complexity index is 588. The van der Waals surface area contributed by atoms with Gasteiger partial charge >= 0.3 is 6.61 Å². The predicted molar refractivity (Wildman–Crippen MR) is 60.7 cm³/mol. The summed E-state index contributed by atoms with van der Waals surface area (Å²) in [5.74, 6) is -2.48. The Morgan fingerprint density at radius 2 is 1.95 bits per heavy atom. The molecule has 6 heteroatoms. The molecular formula is C13H8F3NO2. The summed E-state index contributed by atoms with van der Waals surface area (Å²) in [5, 5.41) is 0. The molecule has 1 aromatic heterocycles. The second-order valence-corrected chi connectivity index (χ2v) is 3.54. The third kappa shape index (κ3) is 2.90. The molecule has 0 aliphatic carbocycles. The van der Waals surface area contributed by atoms with Gasteiger partial charge in [0, 0.05) is 6.20 Å². The van der Waals surface area contributed by atoms with E-state index in [0.29, 0.717) is 0 Å². The molecule has 0 unspecified atom stereocenters. The summed E-state index contributed by atoms with van der Waals surface area (Å²) < 4.78 is 42.0. The predicted octanol–water partition coefficient (Wildman–Crippen LogP) is 3.05. The van der Waals surface area contributed by atoms with Crippen LogP contribution in [0.4, 0.5) is 13.2 Å². The van der Waals surface area contributed by atoms with Crippen LogP contribution in [0.3, 0.4) is 0 Å². The molecule has 98 valence electrons. The summed E-state index contributed by atoms with van der Waals surface area (Å²) in [6, 6.07) is 7.94. The zero-order valence-corrected chi connectivity index (χ0v) is 9.52. The second kappa shape index (κ2) is 5.51. The first-order chi connectivity index (χ1) is 9.09. The molecule has 0 aliphatic rings. The van der Waals surface area contributed by atoms with Gasteiger partial charge in [0.15, 0.2) is 11.6 Å². The van der Waals surface area contributed by atoms with E-state index in [9.17, 15) is 18.0 Å². The van der Waals surface area contributed by atoms with Crippen LogP contribution in [0.2, 0.25) is 0 Å². The van der Waals surface area contributed by atoms with E-state index in [2.05, 4.69) is 9.72 Å². The minimum atomic E-state index is -3.22. The number of ether oxygens (including phenoxy) is 1. The van der Waals surface area contributed by atoms with Gasteiger partial charge in [-0.3, -0.25) is 9.78 Å². The smallest absolute Gasteiger partial charge is 0.387 e. The number of rotatable bonds is 4. The third-order valence-electron chi connectivity index (χ3n) is 2.32. The number of hydrogen-bond acceptors (Lipinski definition) is 3. The van der Waals surface area contributed by atoms with Gasteiger partial charge in [-0.1, -0.05) is 12.1 Å². The number of alkyl halides is 2. The minimum Gasteiger partial charge on any atom is -0.431 e. The number of para-hydroxylation sites is 1. The van der Waals surface area contributed by atoms with Crippen molar-refractivity contribution in [1.82, 2.24) is 4.98 Å². The molecule has 2 aromatic rings. The first-order valence-corrected chi connectivity index (χ1v) is 5.28. The maximum absolute atomic E-state index is 13.5. The fourth-order valence-electron chi connectivity index (χ4n) is 1.53. The number of carbonyl (C=O) groups is 1. The molecule has 0 bridgehead atoms. The normalized spacial score (nSPS) is 10.5. The number of benzene rings is 1. The van der Waals surface area contributed by atoms with E-state index in [1.165, 1.54) is 24.4 Å². The van der Waals surface area contributed by atoms with Gasteiger partial charge in [0.1, 0.15) is 5.69 Å². The SMILES string of the molecule is O=C(c1ccccn1)c1cccc(F)c1OC(F)F. The Morgan fingerprint density at radius 1 is 1.16 bits per heavy atom. The highest BCUT2D eigenvalue weighted by Crippen LogP contribution is 2.26. The van der Waals surface area contributed by atoms with E-state index in [1.807, 2.05) is 0 Å². The molecule has 19 heavy (non-hydrogen) atoms. The van der Waals surface area contributed by atoms with Gasteiger partial charge in [0.25, 0.3) is 0 Å². The van der Waals surface area contributed by atoms with Gasteiger partial charge in [-0.05, 0) is 24.3 Å². The maximum Gasteiger partial charge on any atom is 0.387 e. The topological polar surface area (TPSA) is 39.2 Å². The van der Waals surface area contributed by atoms with Crippen molar-refractivity contribution in [2.75, 3.05) is 0 Å². The lowest BCUT2D eigenvalue weighted by molar-refractivity contribution is -0.0524. The van der Waals surface area contributed by atoms with Crippen molar-refractivity contribution in [3.63, 3.8) is 0 Å². The standard InChI is InChI=1S/C13H8F3NO2/c14-9-5-3-4-8(12(9)19-13(15)16)11(18)10-6-1-2-7-17-10/h1-7,13H. The lowest BCUT2D eigenvalue weighted by Gasteiger charge is -2.10. The highest BCUT2D eigenvalue weighted by molar-refractivity contribution is 6.09. The molecule has 0 N–H and O–H groups in total. The Hall–Kier alpha value is -2.37. The second-order valence-electron chi connectivity index (χ2n) is 3.54. The summed E-state index contributed by atoms with van der Waals surface area (Å²) in [5.41, 5.74) is -0.272. The summed E-state index contributed by atoms with van der Waals surface area (Å²) >= 11 is 0. The van der Waals surface area contributed by atoms with E-state index < -0.39 is 24.0 Å². The van der Waals surface area contributed by atoms with Crippen molar-refractivity contribution in [2.45, 2.75) is 6.61 Å². The largest absolute Gasteiger partial charge is 0.431 e. The van der Waals surface area contributed by atoms with Crippen LogP contribution in [0.25, 0.3) is 0 Å². The number of ketones is 1. The number of aromatic nitrogens is 1. The maximum atomic E-state index is 13.5. The molecule has 0 radical (unpaired) electrons. The fraction of sp³-hybridized carbons (Fsp3) is 0.0769. The van der Waals surface area contributed by atoms with Crippen molar-refractivity contribution in [3.05, 3.63) is 59.7 Å². The number of halogens is 3. The fourth-order valence-corrected chi connectivity index (χ4v) is 1.53. The summed E-state index contributed by atoms with van der Waals surface area (Å²) in [4.78, 5) is 15.8. The molecule has 0 saturated carbocycles. The first-order valence-electron chi connectivity index (χ1n) is 5.28. The molecule has 0 spiro atoms. The lowest BCUT2D eigenvalue weighted by Crippen LogP contribution is -2.11. The molecule has 0 fully saturated rings. The van der Waals surface area contributed by atoms with E-state index in [4.69, 9.17) is 0 Å². The Morgan fingerprint density at radius 3 is 2.58 bits per heavy atom. The zero-order valence-electron chi connectivity index (χ0n) is 9.52. The van der Waals surface area contributed by atoms with Crippen LogP contribution in [-0.2, 0) is 0 Å². The van der Waals surface area contributed by atoms with Crippen molar-refractivity contribution in [2.24, 2.45) is 0 Å². The molecule has 0 aliphatic heterocycles. The van der Waals surface area contributed by atoms with Crippen molar-refractivity contribution in [1.29, 1.82) is 0 Å². The molecule has 1 heterocycles. The van der Waals surface area contributed by atoms with Crippen molar-refractivity contribution in [3.8, 4) is 5.75 Å². The lowest BCUT2D eigenvalue weighted by atomic mass is 10.1. The molecule has 0 saturated heterocycles. The van der Waals surface area contributed by atoms with E-state index >= 15 is 0 Å². The van der Waals surface area contributed by atoms with Gasteiger partial charge in [-0.2, -0.15) is 8.78 Å². The third-order valence-corrected chi connectivity index (χ3v) is 2.32. The van der Waals surface area contributed by atoms with Crippen LogP contribution in [-0.4, -0.2) is 17.4 Å². The Labute approximate surface area is 106 Å². The zero-order chi connectivity index (χ0) is 13.8. The van der Waals surface area contributed by atoms with Gasteiger partial charge in [-0.25, -0.2) is 4.39 Å². The molecule has 0 amide bonds. The van der Waals surface area contributed by atoms with E-state index in [0.717, 1.165) is 6.07 Å². The summed E-state index contributed by atoms with van der Waals surface area (Å²) in [6.45, 7) is -3.22. The Kier molecular flexibility index (Phi) is 3.79. The van der Waals surface area contributed by atoms with Crippen LogP contribution in [0.15, 0.2) is 42.6 Å². The highest BCUT2D eigenvalue weighted by atomic mass is 19.3. The first kappa shape index (κ1) is 13.1. The molecule has 3 nitrogen and oxygen atoms in total. The van der Waals surface area contributed by atoms with Crippen LogP contribution in [0.5, 0.6) is 5.75 Å². The van der Waals surface area contributed by atoms with E-state index in [-0.39, 0.29) is 11.3 Å². The van der Waals surface area contributed by atoms with Gasteiger partial charge in [0.2, 0.25) is 5.78 Å². The summed E-state index contributed by atoms with van der Waals surface area (Å²) in [6.07, 6.45) is 1.38.